The number of hydrogen-bond acceptors (Lipinski definition) is 3. The number of rotatable bonds is 1. The number of carbonyl (C=O) groups excluding carboxylic acids is 1. The van der Waals surface area contributed by atoms with E-state index in [1.54, 1.807) is 18.3 Å². The molecule has 1 amide bonds. The molecule has 4 heteroatoms. The number of likely N-dealkylation sites (tertiary alicyclic amines) is 1. The smallest absolute Gasteiger partial charge is 0.273 e. The van der Waals surface area contributed by atoms with Crippen LogP contribution in [0.1, 0.15) is 36.3 Å². The summed E-state index contributed by atoms with van der Waals surface area (Å²) >= 11 is 0. The molecule has 0 radical (unpaired) electrons. The minimum absolute atomic E-state index is 0.0637. The van der Waals surface area contributed by atoms with Crippen LogP contribution in [-0.2, 0) is 0 Å². The minimum Gasteiger partial charge on any atom is -0.384 e. The van der Waals surface area contributed by atoms with Crippen LogP contribution in [0.15, 0.2) is 18.3 Å². The second kappa shape index (κ2) is 6.53. The first-order valence-corrected chi connectivity index (χ1v) is 6.95. The zero-order valence-electron chi connectivity index (χ0n) is 12.0. The van der Waals surface area contributed by atoms with Crippen LogP contribution in [0.4, 0.5) is 0 Å². The number of carbonyl (C=O) groups is 1. The van der Waals surface area contributed by atoms with Crippen molar-refractivity contribution < 1.29 is 9.90 Å². The van der Waals surface area contributed by atoms with Crippen LogP contribution in [-0.4, -0.2) is 40.6 Å². The maximum absolute atomic E-state index is 12.6. The Bertz CT molecular complexity index is 535. The first-order chi connectivity index (χ1) is 9.61. The van der Waals surface area contributed by atoms with Gasteiger partial charge in [-0.05, 0) is 30.4 Å². The molecule has 4 nitrogen and oxygen atoms in total. The lowest BCUT2D eigenvalue weighted by atomic mass is 9.91. The molecule has 1 N–H and O–H groups in total. The van der Waals surface area contributed by atoms with Crippen LogP contribution in [0.3, 0.4) is 0 Å². The highest BCUT2D eigenvalue weighted by Gasteiger charge is 2.27. The standard InChI is InChI=1S/C16H20N2O2/c1-12-9-13(2)11-18(10-12)16(20)15-14(6-4-8-19)5-3-7-17-15/h3,5,7,12-13,19H,8-11H2,1-2H3. The van der Waals surface area contributed by atoms with Gasteiger partial charge in [0.1, 0.15) is 12.3 Å². The molecule has 0 spiro atoms. The molecule has 1 aliphatic rings. The molecule has 20 heavy (non-hydrogen) atoms. The predicted octanol–water partition coefficient (Wildman–Crippen LogP) is 1.54. The number of nitrogens with zero attached hydrogens (tertiary/aromatic N) is 2. The van der Waals surface area contributed by atoms with Gasteiger partial charge in [0.05, 0.1) is 5.56 Å². The number of pyridine rings is 1. The van der Waals surface area contributed by atoms with E-state index < -0.39 is 0 Å². The van der Waals surface area contributed by atoms with E-state index in [9.17, 15) is 4.79 Å². The maximum atomic E-state index is 12.6. The Hall–Kier alpha value is -1.86. The lowest BCUT2D eigenvalue weighted by Gasteiger charge is -2.34. The van der Waals surface area contributed by atoms with Crippen LogP contribution >= 0.6 is 0 Å². The molecule has 106 valence electrons. The topological polar surface area (TPSA) is 53.4 Å². The van der Waals surface area contributed by atoms with Gasteiger partial charge in [-0.3, -0.25) is 4.79 Å². The van der Waals surface area contributed by atoms with E-state index in [1.165, 1.54) is 0 Å². The molecule has 2 heterocycles. The Kier molecular flexibility index (Phi) is 4.75. The van der Waals surface area contributed by atoms with Gasteiger partial charge in [-0.15, -0.1) is 0 Å². The molecule has 1 saturated heterocycles. The summed E-state index contributed by atoms with van der Waals surface area (Å²) in [5.74, 6) is 6.33. The number of aliphatic hydroxyl groups is 1. The van der Waals surface area contributed by atoms with Crippen LogP contribution in [0, 0.1) is 23.7 Å². The van der Waals surface area contributed by atoms with E-state index in [2.05, 4.69) is 30.7 Å². The molecule has 1 aromatic rings. The van der Waals surface area contributed by atoms with Crippen LogP contribution in [0.25, 0.3) is 0 Å². The summed E-state index contributed by atoms with van der Waals surface area (Å²) in [6, 6.07) is 3.51. The Balaban J connectivity index is 2.24. The number of aliphatic hydroxyl groups excluding tert-OH is 1. The molecule has 0 aromatic carbocycles. The summed E-state index contributed by atoms with van der Waals surface area (Å²) in [6.45, 7) is 5.65. The fourth-order valence-corrected chi connectivity index (χ4v) is 2.79. The van der Waals surface area contributed by atoms with E-state index in [4.69, 9.17) is 5.11 Å². The third kappa shape index (κ3) is 3.37. The van der Waals surface area contributed by atoms with E-state index in [-0.39, 0.29) is 12.5 Å². The highest BCUT2D eigenvalue weighted by molar-refractivity contribution is 5.94. The molecule has 1 aliphatic heterocycles. The molecule has 0 aliphatic carbocycles. The van der Waals surface area contributed by atoms with Gasteiger partial charge in [0.25, 0.3) is 5.91 Å². The van der Waals surface area contributed by atoms with Crippen molar-refractivity contribution >= 4 is 5.91 Å². The van der Waals surface area contributed by atoms with Crippen molar-refractivity contribution in [2.75, 3.05) is 19.7 Å². The van der Waals surface area contributed by atoms with Crippen molar-refractivity contribution in [2.45, 2.75) is 20.3 Å². The lowest BCUT2D eigenvalue weighted by Crippen LogP contribution is -2.43. The van der Waals surface area contributed by atoms with Crippen molar-refractivity contribution in [1.29, 1.82) is 0 Å². The van der Waals surface area contributed by atoms with Crippen molar-refractivity contribution in [1.82, 2.24) is 9.88 Å². The molecule has 2 atom stereocenters. The van der Waals surface area contributed by atoms with Crippen LogP contribution < -0.4 is 0 Å². The largest absolute Gasteiger partial charge is 0.384 e. The van der Waals surface area contributed by atoms with Gasteiger partial charge in [0.2, 0.25) is 0 Å². The average molecular weight is 272 g/mol. The quantitative estimate of drug-likeness (QED) is 0.789. The minimum atomic E-state index is -0.222. The van der Waals surface area contributed by atoms with Crippen molar-refractivity contribution in [3.63, 3.8) is 0 Å². The monoisotopic (exact) mass is 272 g/mol. The zero-order chi connectivity index (χ0) is 14.5. The summed E-state index contributed by atoms with van der Waals surface area (Å²) in [5.41, 5.74) is 0.965. The normalized spacial score (nSPS) is 22.1. The van der Waals surface area contributed by atoms with Crippen LogP contribution in [0.5, 0.6) is 0 Å². The van der Waals surface area contributed by atoms with Gasteiger partial charge >= 0.3 is 0 Å². The Morgan fingerprint density at radius 3 is 2.80 bits per heavy atom. The van der Waals surface area contributed by atoms with E-state index in [1.807, 2.05) is 4.90 Å². The second-order valence-corrected chi connectivity index (χ2v) is 5.52. The number of aromatic nitrogens is 1. The summed E-state index contributed by atoms with van der Waals surface area (Å²) in [5, 5.41) is 8.79. The first-order valence-electron chi connectivity index (χ1n) is 6.95. The molecule has 0 bridgehead atoms. The van der Waals surface area contributed by atoms with E-state index in [0.29, 0.717) is 23.1 Å². The summed E-state index contributed by atoms with van der Waals surface area (Å²) < 4.78 is 0. The molecule has 1 fully saturated rings. The van der Waals surface area contributed by atoms with Gasteiger partial charge in [0.15, 0.2) is 0 Å². The summed E-state index contributed by atoms with van der Waals surface area (Å²) in [7, 11) is 0. The fraction of sp³-hybridized carbons (Fsp3) is 0.500. The molecule has 1 aromatic heterocycles. The third-order valence-corrected chi connectivity index (χ3v) is 3.47. The first kappa shape index (κ1) is 14.5. The zero-order valence-corrected chi connectivity index (χ0v) is 12.0. The number of hydrogen-bond donors (Lipinski definition) is 1. The maximum Gasteiger partial charge on any atom is 0.273 e. The molecular formula is C16H20N2O2. The van der Waals surface area contributed by atoms with Gasteiger partial charge in [-0.25, -0.2) is 4.98 Å². The second-order valence-electron chi connectivity index (χ2n) is 5.52. The third-order valence-electron chi connectivity index (χ3n) is 3.47. The Morgan fingerprint density at radius 1 is 1.45 bits per heavy atom. The van der Waals surface area contributed by atoms with E-state index in [0.717, 1.165) is 19.5 Å². The van der Waals surface area contributed by atoms with Crippen molar-refractivity contribution in [3.05, 3.63) is 29.6 Å². The average Bonchev–Trinajstić information content (AvgIpc) is 2.43. The van der Waals surface area contributed by atoms with Crippen molar-refractivity contribution in [2.24, 2.45) is 11.8 Å². The van der Waals surface area contributed by atoms with Crippen LogP contribution in [0.2, 0.25) is 0 Å². The van der Waals surface area contributed by atoms with Gasteiger partial charge in [0, 0.05) is 19.3 Å². The van der Waals surface area contributed by atoms with Gasteiger partial charge in [-0.2, -0.15) is 0 Å². The lowest BCUT2D eigenvalue weighted by molar-refractivity contribution is 0.0617. The fourth-order valence-electron chi connectivity index (χ4n) is 2.79. The van der Waals surface area contributed by atoms with E-state index >= 15 is 0 Å². The highest BCUT2D eigenvalue weighted by atomic mass is 16.2. The SMILES string of the molecule is CC1CC(C)CN(C(=O)c2ncccc2C#CCO)C1. The summed E-state index contributed by atoms with van der Waals surface area (Å²) in [4.78, 5) is 18.7. The highest BCUT2D eigenvalue weighted by Crippen LogP contribution is 2.22. The van der Waals surface area contributed by atoms with Gasteiger partial charge < -0.3 is 10.0 Å². The summed E-state index contributed by atoms with van der Waals surface area (Å²) in [6.07, 6.45) is 2.76. The number of piperidine rings is 1. The van der Waals surface area contributed by atoms with Gasteiger partial charge in [-0.1, -0.05) is 25.7 Å². The predicted molar refractivity (Wildman–Crippen MR) is 77.0 cm³/mol. The molecular weight excluding hydrogens is 252 g/mol. The molecule has 0 saturated carbocycles. The molecule has 2 unspecified atom stereocenters. The number of amides is 1. The Labute approximate surface area is 119 Å². The molecule has 2 rings (SSSR count). The Morgan fingerprint density at radius 2 is 2.15 bits per heavy atom. The van der Waals surface area contributed by atoms with Crippen molar-refractivity contribution in [3.8, 4) is 11.8 Å².